The molecule has 5 heteroatoms. The largest absolute Gasteiger partial charge is 0.387 e. The van der Waals surface area contributed by atoms with Crippen molar-refractivity contribution < 1.29 is 14.7 Å². The molecule has 16 heavy (non-hydrogen) atoms. The van der Waals surface area contributed by atoms with Crippen LogP contribution < -0.4 is 0 Å². The van der Waals surface area contributed by atoms with E-state index in [0.29, 0.717) is 25.8 Å². The number of imide groups is 1. The summed E-state index contributed by atoms with van der Waals surface area (Å²) < 4.78 is 0. The van der Waals surface area contributed by atoms with E-state index in [-0.39, 0.29) is 18.4 Å². The van der Waals surface area contributed by atoms with Crippen LogP contribution in [0.15, 0.2) is 0 Å². The molecule has 1 saturated heterocycles. The number of nitrogens with zero attached hydrogens (tertiary/aromatic N) is 2. The Morgan fingerprint density at radius 1 is 1.31 bits per heavy atom. The third-order valence-electron chi connectivity index (χ3n) is 2.54. The van der Waals surface area contributed by atoms with Crippen LogP contribution in [0.2, 0.25) is 0 Å². The van der Waals surface area contributed by atoms with Crippen molar-refractivity contribution in [1.82, 2.24) is 9.80 Å². The summed E-state index contributed by atoms with van der Waals surface area (Å²) in [6.45, 7) is 2.15. The summed E-state index contributed by atoms with van der Waals surface area (Å²) in [7, 11) is 3.68. The number of β-amino-alcohol motifs (C(OH)–C–C–N with tert-alkyl or cyclic N) is 1. The molecule has 92 valence electrons. The smallest absolute Gasteiger partial charge is 0.229 e. The number of piperidine rings is 1. The molecular formula is C11H20N2O3. The first-order valence-electron chi connectivity index (χ1n) is 5.52. The molecule has 5 nitrogen and oxygen atoms in total. The molecule has 0 aromatic carbocycles. The molecule has 1 fully saturated rings. The van der Waals surface area contributed by atoms with Crippen LogP contribution in [-0.2, 0) is 9.59 Å². The summed E-state index contributed by atoms with van der Waals surface area (Å²) in [5.41, 5.74) is -1.05. The van der Waals surface area contributed by atoms with E-state index in [1.165, 1.54) is 4.90 Å². The first kappa shape index (κ1) is 13.1. The molecule has 0 saturated carbocycles. The summed E-state index contributed by atoms with van der Waals surface area (Å²) in [6, 6.07) is 0. The second-order valence-electron chi connectivity index (χ2n) is 4.96. The standard InChI is InChI=1S/C11H20N2O3/c1-11(16,7-12(2)3)8-13-9(14)5-4-6-10(13)15/h16H,4-8H2,1-3H3. The van der Waals surface area contributed by atoms with Gasteiger partial charge in [-0.2, -0.15) is 0 Å². The van der Waals surface area contributed by atoms with Gasteiger partial charge in [0.2, 0.25) is 11.8 Å². The van der Waals surface area contributed by atoms with E-state index >= 15 is 0 Å². The van der Waals surface area contributed by atoms with Crippen molar-refractivity contribution in [1.29, 1.82) is 0 Å². The molecule has 0 aromatic rings. The third-order valence-corrected chi connectivity index (χ3v) is 2.54. The fourth-order valence-corrected chi connectivity index (χ4v) is 2.05. The zero-order valence-electron chi connectivity index (χ0n) is 10.2. The van der Waals surface area contributed by atoms with E-state index in [1.807, 2.05) is 19.0 Å². The van der Waals surface area contributed by atoms with Gasteiger partial charge < -0.3 is 10.0 Å². The maximum atomic E-state index is 11.5. The Hall–Kier alpha value is -0.940. The number of carbonyl (C=O) groups is 2. The molecule has 1 unspecified atom stereocenters. The van der Waals surface area contributed by atoms with E-state index in [9.17, 15) is 14.7 Å². The van der Waals surface area contributed by atoms with Gasteiger partial charge in [-0.05, 0) is 27.4 Å². The van der Waals surface area contributed by atoms with Crippen molar-refractivity contribution in [2.24, 2.45) is 0 Å². The van der Waals surface area contributed by atoms with Gasteiger partial charge in [0, 0.05) is 19.4 Å². The highest BCUT2D eigenvalue weighted by Gasteiger charge is 2.33. The number of amides is 2. The van der Waals surface area contributed by atoms with Gasteiger partial charge in [0.1, 0.15) is 0 Å². The van der Waals surface area contributed by atoms with E-state index < -0.39 is 5.60 Å². The fraction of sp³-hybridized carbons (Fsp3) is 0.818. The van der Waals surface area contributed by atoms with Crippen LogP contribution in [0.3, 0.4) is 0 Å². The lowest BCUT2D eigenvalue weighted by Gasteiger charge is -2.34. The van der Waals surface area contributed by atoms with Crippen LogP contribution >= 0.6 is 0 Å². The van der Waals surface area contributed by atoms with Crippen LogP contribution in [0.1, 0.15) is 26.2 Å². The molecule has 1 heterocycles. The summed E-state index contributed by atoms with van der Waals surface area (Å²) in [5.74, 6) is -0.342. The summed E-state index contributed by atoms with van der Waals surface area (Å²) >= 11 is 0. The van der Waals surface area contributed by atoms with Crippen molar-refractivity contribution >= 4 is 11.8 Å². The van der Waals surface area contributed by atoms with E-state index in [2.05, 4.69) is 0 Å². The zero-order valence-corrected chi connectivity index (χ0v) is 10.2. The highest BCUT2D eigenvalue weighted by atomic mass is 16.3. The monoisotopic (exact) mass is 228 g/mol. The number of hydrogen-bond acceptors (Lipinski definition) is 4. The number of aliphatic hydroxyl groups is 1. The molecular weight excluding hydrogens is 208 g/mol. The van der Waals surface area contributed by atoms with Crippen LogP contribution in [0.4, 0.5) is 0 Å². The van der Waals surface area contributed by atoms with Gasteiger partial charge in [0.25, 0.3) is 0 Å². The van der Waals surface area contributed by atoms with Gasteiger partial charge in [-0.15, -0.1) is 0 Å². The Kier molecular flexibility index (Phi) is 4.04. The Balaban J connectivity index is 2.63. The molecule has 0 aliphatic carbocycles. The Morgan fingerprint density at radius 3 is 2.25 bits per heavy atom. The minimum Gasteiger partial charge on any atom is -0.387 e. The summed E-state index contributed by atoms with van der Waals surface area (Å²) in [5, 5.41) is 10.1. The van der Waals surface area contributed by atoms with E-state index in [0.717, 1.165) is 0 Å². The molecule has 1 N–H and O–H groups in total. The Bertz CT molecular complexity index is 271. The Morgan fingerprint density at radius 2 is 1.81 bits per heavy atom. The predicted octanol–water partition coefficient (Wildman–Crippen LogP) is -0.162. The lowest BCUT2D eigenvalue weighted by atomic mass is 10.0. The number of rotatable bonds is 4. The van der Waals surface area contributed by atoms with Crippen molar-refractivity contribution in [2.75, 3.05) is 27.2 Å². The molecule has 1 aliphatic rings. The van der Waals surface area contributed by atoms with Gasteiger partial charge in [-0.3, -0.25) is 14.5 Å². The average Bonchev–Trinajstić information content (AvgIpc) is 2.09. The number of hydrogen-bond donors (Lipinski definition) is 1. The van der Waals surface area contributed by atoms with Gasteiger partial charge in [0.05, 0.1) is 12.1 Å². The van der Waals surface area contributed by atoms with Crippen molar-refractivity contribution in [3.05, 3.63) is 0 Å². The van der Waals surface area contributed by atoms with Crippen LogP contribution in [0.5, 0.6) is 0 Å². The van der Waals surface area contributed by atoms with Gasteiger partial charge in [0.15, 0.2) is 0 Å². The van der Waals surface area contributed by atoms with Crippen LogP contribution in [0, 0.1) is 0 Å². The fourth-order valence-electron chi connectivity index (χ4n) is 2.05. The molecule has 2 amide bonds. The van der Waals surface area contributed by atoms with E-state index in [4.69, 9.17) is 0 Å². The molecule has 1 rings (SSSR count). The number of carbonyl (C=O) groups excluding carboxylic acids is 2. The molecule has 0 bridgehead atoms. The highest BCUT2D eigenvalue weighted by molar-refractivity contribution is 5.97. The zero-order chi connectivity index (χ0) is 12.3. The topological polar surface area (TPSA) is 60.9 Å². The molecule has 0 radical (unpaired) electrons. The first-order valence-corrected chi connectivity index (χ1v) is 5.52. The SMILES string of the molecule is CN(C)CC(C)(O)CN1C(=O)CCCC1=O. The number of likely N-dealkylation sites (tertiary alicyclic amines) is 1. The predicted molar refractivity (Wildman–Crippen MR) is 59.7 cm³/mol. The molecule has 0 spiro atoms. The van der Waals surface area contributed by atoms with Gasteiger partial charge in [-0.1, -0.05) is 0 Å². The van der Waals surface area contributed by atoms with Gasteiger partial charge in [-0.25, -0.2) is 0 Å². The van der Waals surface area contributed by atoms with Crippen molar-refractivity contribution in [3.8, 4) is 0 Å². The molecule has 0 aromatic heterocycles. The number of likely N-dealkylation sites (N-methyl/N-ethyl adjacent to an activating group) is 1. The lowest BCUT2D eigenvalue weighted by Crippen LogP contribution is -2.52. The maximum Gasteiger partial charge on any atom is 0.229 e. The van der Waals surface area contributed by atoms with Crippen molar-refractivity contribution in [3.63, 3.8) is 0 Å². The first-order chi connectivity index (χ1) is 7.32. The normalized spacial score (nSPS) is 21.4. The molecule has 1 atom stereocenters. The second kappa shape index (κ2) is 4.93. The summed E-state index contributed by atoms with van der Waals surface area (Å²) in [4.78, 5) is 26.1. The summed E-state index contributed by atoms with van der Waals surface area (Å²) in [6.07, 6.45) is 1.44. The minimum absolute atomic E-state index is 0.0862. The highest BCUT2D eigenvalue weighted by Crippen LogP contribution is 2.16. The van der Waals surface area contributed by atoms with Gasteiger partial charge >= 0.3 is 0 Å². The second-order valence-corrected chi connectivity index (χ2v) is 4.96. The molecule has 1 aliphatic heterocycles. The van der Waals surface area contributed by atoms with Crippen molar-refractivity contribution in [2.45, 2.75) is 31.8 Å². The quantitative estimate of drug-likeness (QED) is 0.679. The van der Waals surface area contributed by atoms with Crippen LogP contribution in [0.25, 0.3) is 0 Å². The average molecular weight is 228 g/mol. The Labute approximate surface area is 96.0 Å². The third kappa shape index (κ3) is 3.57. The maximum absolute atomic E-state index is 11.5. The van der Waals surface area contributed by atoms with E-state index in [1.54, 1.807) is 6.92 Å². The van der Waals surface area contributed by atoms with Crippen LogP contribution in [-0.4, -0.2) is 59.5 Å². The lowest BCUT2D eigenvalue weighted by molar-refractivity contribution is -0.152. The minimum atomic E-state index is -1.05.